The lowest BCUT2D eigenvalue weighted by molar-refractivity contribution is -0.134. The second kappa shape index (κ2) is 6.16. The number of halogens is 3. The van der Waals surface area contributed by atoms with Crippen molar-refractivity contribution in [3.05, 3.63) is 32.5 Å². The third kappa shape index (κ3) is 3.81. The fourth-order valence-corrected chi connectivity index (χ4v) is 2.60. The van der Waals surface area contributed by atoms with E-state index in [1.807, 2.05) is 6.92 Å². The number of carboxylic acids is 1. The maximum atomic E-state index is 12.9. The molecule has 0 bridgehead atoms. The molecule has 0 unspecified atom stereocenters. The largest absolute Gasteiger partial charge is 0.492 e. The van der Waals surface area contributed by atoms with Crippen molar-refractivity contribution in [2.75, 3.05) is 6.61 Å². The minimum Gasteiger partial charge on any atom is -0.492 e. The highest BCUT2D eigenvalue weighted by molar-refractivity contribution is 9.11. The van der Waals surface area contributed by atoms with Crippen LogP contribution in [0.4, 0.5) is 4.39 Å². The van der Waals surface area contributed by atoms with E-state index in [0.717, 1.165) is 6.08 Å². The second-order valence-electron chi connectivity index (χ2n) is 3.04. The molecule has 17 heavy (non-hydrogen) atoms. The molecule has 0 aliphatic heterocycles. The molecular formula is C11H9Br2FO3. The Balaban J connectivity index is 3.14. The van der Waals surface area contributed by atoms with Crippen molar-refractivity contribution in [2.24, 2.45) is 0 Å². The van der Waals surface area contributed by atoms with E-state index in [2.05, 4.69) is 31.9 Å². The Morgan fingerprint density at radius 1 is 1.47 bits per heavy atom. The summed E-state index contributed by atoms with van der Waals surface area (Å²) >= 11 is 6.54. The number of hydrogen-bond acceptors (Lipinski definition) is 2. The highest BCUT2D eigenvalue weighted by Crippen LogP contribution is 2.35. The number of aliphatic carboxylic acids is 1. The second-order valence-corrected chi connectivity index (χ2v) is 4.75. The number of carbonyl (C=O) groups is 1. The van der Waals surface area contributed by atoms with Crippen LogP contribution < -0.4 is 4.74 Å². The third-order valence-electron chi connectivity index (χ3n) is 1.81. The molecule has 3 nitrogen and oxygen atoms in total. The van der Waals surface area contributed by atoms with E-state index in [1.54, 1.807) is 12.1 Å². The molecule has 6 heteroatoms. The summed E-state index contributed by atoms with van der Waals surface area (Å²) in [6.45, 7) is 2.34. The molecule has 0 saturated carbocycles. The molecule has 0 radical (unpaired) electrons. The summed E-state index contributed by atoms with van der Waals surface area (Å²) in [5.41, 5.74) is 0.423. The van der Waals surface area contributed by atoms with Gasteiger partial charge in [-0.1, -0.05) is 0 Å². The molecule has 0 amide bonds. The van der Waals surface area contributed by atoms with Crippen molar-refractivity contribution in [1.82, 2.24) is 0 Å². The SMILES string of the molecule is CCOc1c(Br)cc(C=C(F)C(=O)O)cc1Br. The summed E-state index contributed by atoms with van der Waals surface area (Å²) in [6, 6.07) is 3.16. The Bertz CT molecular complexity index is 449. The first kappa shape index (κ1) is 14.2. The maximum absolute atomic E-state index is 12.9. The van der Waals surface area contributed by atoms with Gasteiger partial charge in [0.25, 0.3) is 0 Å². The molecule has 0 atom stereocenters. The van der Waals surface area contributed by atoms with Crippen LogP contribution in [0.25, 0.3) is 6.08 Å². The zero-order valence-electron chi connectivity index (χ0n) is 8.84. The van der Waals surface area contributed by atoms with Crippen LogP contribution in [-0.4, -0.2) is 17.7 Å². The molecule has 0 aromatic heterocycles. The fraction of sp³-hybridized carbons (Fsp3) is 0.182. The molecule has 0 aliphatic rings. The minimum absolute atomic E-state index is 0.423. The first-order valence-electron chi connectivity index (χ1n) is 4.68. The van der Waals surface area contributed by atoms with E-state index in [0.29, 0.717) is 26.9 Å². The van der Waals surface area contributed by atoms with Crippen molar-refractivity contribution >= 4 is 43.9 Å². The predicted octanol–water partition coefficient (Wildman–Crippen LogP) is 4.01. The van der Waals surface area contributed by atoms with Gasteiger partial charge in [0.15, 0.2) is 0 Å². The van der Waals surface area contributed by atoms with Crippen LogP contribution in [0.15, 0.2) is 26.9 Å². The van der Waals surface area contributed by atoms with Crippen LogP contribution in [0.1, 0.15) is 12.5 Å². The normalized spacial score (nSPS) is 11.4. The number of hydrogen-bond donors (Lipinski definition) is 1. The molecule has 0 spiro atoms. The minimum atomic E-state index is -1.59. The fourth-order valence-electron chi connectivity index (χ4n) is 1.15. The molecule has 0 fully saturated rings. The topological polar surface area (TPSA) is 46.5 Å². The highest BCUT2D eigenvalue weighted by atomic mass is 79.9. The molecule has 1 aromatic rings. The van der Waals surface area contributed by atoms with Gasteiger partial charge < -0.3 is 9.84 Å². The van der Waals surface area contributed by atoms with E-state index < -0.39 is 11.8 Å². The lowest BCUT2D eigenvalue weighted by Gasteiger charge is -2.09. The molecule has 1 rings (SSSR count). The standard InChI is InChI=1S/C11H9Br2FO3/c1-2-17-10-7(12)3-6(4-8(10)13)5-9(14)11(15)16/h3-5H,2H2,1H3,(H,15,16). The first-order chi connectivity index (χ1) is 7.95. The maximum Gasteiger partial charge on any atom is 0.364 e. The first-order valence-corrected chi connectivity index (χ1v) is 6.26. The quantitative estimate of drug-likeness (QED) is 0.818. The molecule has 92 valence electrons. The Morgan fingerprint density at radius 3 is 2.41 bits per heavy atom. The summed E-state index contributed by atoms with van der Waals surface area (Å²) in [6.07, 6.45) is 0.938. The van der Waals surface area contributed by atoms with Crippen LogP contribution in [0.3, 0.4) is 0 Å². The van der Waals surface area contributed by atoms with E-state index >= 15 is 0 Å². The van der Waals surface area contributed by atoms with Crippen molar-refractivity contribution in [3.8, 4) is 5.75 Å². The summed E-state index contributed by atoms with van der Waals surface area (Å²) in [7, 11) is 0. The number of benzene rings is 1. The molecule has 1 N–H and O–H groups in total. The third-order valence-corrected chi connectivity index (χ3v) is 2.99. The van der Waals surface area contributed by atoms with Crippen LogP contribution in [0.2, 0.25) is 0 Å². The average molecular weight is 368 g/mol. The highest BCUT2D eigenvalue weighted by Gasteiger charge is 2.10. The van der Waals surface area contributed by atoms with Gasteiger partial charge in [0.1, 0.15) is 5.75 Å². The number of rotatable bonds is 4. The van der Waals surface area contributed by atoms with Crippen molar-refractivity contribution in [3.63, 3.8) is 0 Å². The Hall–Kier alpha value is -0.880. The smallest absolute Gasteiger partial charge is 0.364 e. The lowest BCUT2D eigenvalue weighted by atomic mass is 10.2. The van der Waals surface area contributed by atoms with E-state index in [9.17, 15) is 9.18 Å². The van der Waals surface area contributed by atoms with Crippen LogP contribution in [0.5, 0.6) is 5.75 Å². The van der Waals surface area contributed by atoms with E-state index in [4.69, 9.17) is 9.84 Å². The Morgan fingerprint density at radius 2 is 2.00 bits per heavy atom. The van der Waals surface area contributed by atoms with Crippen LogP contribution >= 0.6 is 31.9 Å². The van der Waals surface area contributed by atoms with Crippen molar-refractivity contribution in [2.45, 2.75) is 6.92 Å². The Kier molecular flexibility index (Phi) is 5.14. The Labute approximate surface area is 115 Å². The van der Waals surface area contributed by atoms with Crippen molar-refractivity contribution < 1.29 is 19.0 Å². The molecule has 1 aromatic carbocycles. The van der Waals surface area contributed by atoms with Gasteiger partial charge >= 0.3 is 5.97 Å². The van der Waals surface area contributed by atoms with Gasteiger partial charge in [-0.25, -0.2) is 4.79 Å². The average Bonchev–Trinajstić information content (AvgIpc) is 2.23. The van der Waals surface area contributed by atoms with E-state index in [1.165, 1.54) is 0 Å². The zero-order valence-corrected chi connectivity index (χ0v) is 12.0. The van der Waals surface area contributed by atoms with E-state index in [-0.39, 0.29) is 0 Å². The van der Waals surface area contributed by atoms with Gasteiger partial charge in [-0.2, -0.15) is 4.39 Å². The van der Waals surface area contributed by atoms with Gasteiger partial charge in [0.05, 0.1) is 15.6 Å². The lowest BCUT2D eigenvalue weighted by Crippen LogP contribution is -1.96. The molecule has 0 heterocycles. The van der Waals surface area contributed by atoms with Gasteiger partial charge in [-0.05, 0) is 62.6 Å². The van der Waals surface area contributed by atoms with Gasteiger partial charge in [0.2, 0.25) is 5.83 Å². The van der Waals surface area contributed by atoms with Gasteiger partial charge in [0, 0.05) is 0 Å². The number of carboxylic acid groups (broad SMARTS) is 1. The molecule has 0 aliphatic carbocycles. The summed E-state index contributed by atoms with van der Waals surface area (Å²) in [4.78, 5) is 10.4. The van der Waals surface area contributed by atoms with Gasteiger partial charge in [-0.15, -0.1) is 0 Å². The zero-order chi connectivity index (χ0) is 13.0. The van der Waals surface area contributed by atoms with Gasteiger partial charge in [-0.3, -0.25) is 0 Å². The monoisotopic (exact) mass is 366 g/mol. The summed E-state index contributed by atoms with van der Waals surface area (Å²) in [5, 5.41) is 8.43. The predicted molar refractivity (Wildman–Crippen MR) is 69.7 cm³/mol. The molecule has 0 saturated heterocycles. The summed E-state index contributed by atoms with van der Waals surface area (Å²) in [5.74, 6) is -2.21. The van der Waals surface area contributed by atoms with Crippen LogP contribution in [0, 0.1) is 0 Å². The summed E-state index contributed by atoms with van der Waals surface area (Å²) < 4.78 is 19.5. The number of ether oxygens (including phenoxy) is 1. The van der Waals surface area contributed by atoms with Crippen LogP contribution in [-0.2, 0) is 4.79 Å². The molecular weight excluding hydrogens is 359 g/mol. The van der Waals surface area contributed by atoms with Crippen molar-refractivity contribution in [1.29, 1.82) is 0 Å².